The van der Waals surface area contributed by atoms with Crippen molar-refractivity contribution < 1.29 is 14.6 Å². The van der Waals surface area contributed by atoms with E-state index >= 15 is 0 Å². The van der Waals surface area contributed by atoms with Gasteiger partial charge in [0.15, 0.2) is 6.10 Å². The summed E-state index contributed by atoms with van der Waals surface area (Å²) in [6.45, 7) is 0.310. The molecule has 0 saturated carbocycles. The number of hydrogen-bond donors (Lipinski definition) is 1. The third kappa shape index (κ3) is 4.23. The first kappa shape index (κ1) is 13.3. The van der Waals surface area contributed by atoms with Crippen molar-refractivity contribution in [1.82, 2.24) is 0 Å². The Hall–Kier alpha value is -2.13. The molecule has 2 aromatic rings. The molecule has 0 aliphatic carbocycles. The first-order valence-corrected chi connectivity index (χ1v) is 6.18. The van der Waals surface area contributed by atoms with Crippen molar-refractivity contribution in [1.29, 1.82) is 0 Å². The molecular formula is C16H16O3. The maximum atomic E-state index is 11.2. The molecule has 0 radical (unpaired) electrons. The fourth-order valence-corrected chi connectivity index (χ4v) is 1.82. The standard InChI is InChI=1S/C16H16O3/c17-16(18)15(11-13-7-3-1-4-8-13)19-12-14-9-5-2-6-10-14/h1-10,15H,11-12H2,(H,17,18)/t15-/m1/s1. The van der Waals surface area contributed by atoms with E-state index in [1.165, 1.54) is 0 Å². The summed E-state index contributed by atoms with van der Waals surface area (Å²) in [7, 11) is 0. The maximum Gasteiger partial charge on any atom is 0.333 e. The van der Waals surface area contributed by atoms with Gasteiger partial charge in [0.05, 0.1) is 6.61 Å². The zero-order valence-corrected chi connectivity index (χ0v) is 10.5. The minimum atomic E-state index is -0.931. The van der Waals surface area contributed by atoms with Crippen LogP contribution < -0.4 is 0 Å². The van der Waals surface area contributed by atoms with Gasteiger partial charge in [0, 0.05) is 6.42 Å². The van der Waals surface area contributed by atoms with Gasteiger partial charge in [-0.05, 0) is 11.1 Å². The van der Waals surface area contributed by atoms with Gasteiger partial charge in [-0.3, -0.25) is 0 Å². The molecule has 98 valence electrons. The molecule has 0 unspecified atom stereocenters. The van der Waals surface area contributed by atoms with Crippen LogP contribution in [-0.2, 0) is 22.6 Å². The van der Waals surface area contributed by atoms with Crippen molar-refractivity contribution in [2.24, 2.45) is 0 Å². The van der Waals surface area contributed by atoms with Crippen molar-refractivity contribution >= 4 is 5.97 Å². The Bertz CT molecular complexity index is 508. The lowest BCUT2D eigenvalue weighted by atomic mass is 10.1. The second kappa shape index (κ2) is 6.71. The van der Waals surface area contributed by atoms with E-state index in [0.29, 0.717) is 13.0 Å². The van der Waals surface area contributed by atoms with E-state index in [9.17, 15) is 9.90 Å². The van der Waals surface area contributed by atoms with E-state index in [2.05, 4.69) is 0 Å². The molecule has 0 bridgehead atoms. The average Bonchev–Trinajstić information content (AvgIpc) is 2.45. The normalized spacial score (nSPS) is 12.0. The Kier molecular flexibility index (Phi) is 4.70. The summed E-state index contributed by atoms with van der Waals surface area (Å²) in [6.07, 6.45) is -0.439. The van der Waals surface area contributed by atoms with Crippen LogP contribution in [0, 0.1) is 0 Å². The van der Waals surface area contributed by atoms with Crippen molar-refractivity contribution in [3.8, 4) is 0 Å². The van der Waals surface area contributed by atoms with Crippen LogP contribution in [-0.4, -0.2) is 17.2 Å². The van der Waals surface area contributed by atoms with Gasteiger partial charge in [0.25, 0.3) is 0 Å². The van der Waals surface area contributed by atoms with Crippen LogP contribution in [0.5, 0.6) is 0 Å². The van der Waals surface area contributed by atoms with Gasteiger partial charge in [0.1, 0.15) is 0 Å². The highest BCUT2D eigenvalue weighted by molar-refractivity contribution is 5.72. The highest BCUT2D eigenvalue weighted by Crippen LogP contribution is 2.09. The molecule has 3 heteroatoms. The topological polar surface area (TPSA) is 46.5 Å². The van der Waals surface area contributed by atoms with Crippen LogP contribution in [0.25, 0.3) is 0 Å². The second-order valence-electron chi connectivity index (χ2n) is 4.31. The summed E-state index contributed by atoms with van der Waals surface area (Å²) in [5.41, 5.74) is 1.93. The SMILES string of the molecule is O=C(O)[C@@H](Cc1ccccc1)OCc1ccccc1. The van der Waals surface area contributed by atoms with Gasteiger partial charge >= 0.3 is 5.97 Å². The molecule has 1 atom stereocenters. The van der Waals surface area contributed by atoms with Crippen LogP contribution in [0.3, 0.4) is 0 Å². The third-order valence-electron chi connectivity index (χ3n) is 2.83. The Morgan fingerprint density at radius 1 is 0.947 bits per heavy atom. The number of carboxylic acids is 1. The highest BCUT2D eigenvalue weighted by atomic mass is 16.5. The van der Waals surface area contributed by atoms with Gasteiger partial charge in [0.2, 0.25) is 0 Å². The lowest BCUT2D eigenvalue weighted by molar-refractivity contribution is -0.151. The lowest BCUT2D eigenvalue weighted by Gasteiger charge is -2.13. The highest BCUT2D eigenvalue weighted by Gasteiger charge is 2.18. The lowest BCUT2D eigenvalue weighted by Crippen LogP contribution is -2.26. The molecule has 0 aliphatic rings. The van der Waals surface area contributed by atoms with Gasteiger partial charge in [-0.1, -0.05) is 60.7 Å². The van der Waals surface area contributed by atoms with Crippen molar-refractivity contribution in [3.05, 3.63) is 71.8 Å². The van der Waals surface area contributed by atoms with Crippen LogP contribution >= 0.6 is 0 Å². The largest absolute Gasteiger partial charge is 0.479 e. The van der Waals surface area contributed by atoms with Crippen molar-refractivity contribution in [3.63, 3.8) is 0 Å². The van der Waals surface area contributed by atoms with E-state index in [1.54, 1.807) is 0 Å². The van der Waals surface area contributed by atoms with Gasteiger partial charge < -0.3 is 9.84 Å². The molecule has 2 rings (SSSR count). The minimum absolute atomic E-state index is 0.310. The summed E-state index contributed by atoms with van der Waals surface area (Å²) >= 11 is 0. The van der Waals surface area contributed by atoms with Crippen LogP contribution in [0.1, 0.15) is 11.1 Å². The predicted molar refractivity (Wildman–Crippen MR) is 72.8 cm³/mol. The molecule has 0 spiro atoms. The Labute approximate surface area is 112 Å². The number of rotatable bonds is 6. The van der Waals surface area contributed by atoms with Crippen LogP contribution in [0.2, 0.25) is 0 Å². The smallest absolute Gasteiger partial charge is 0.333 e. The Balaban J connectivity index is 1.95. The summed E-state index contributed by atoms with van der Waals surface area (Å²) in [5.74, 6) is -0.931. The fourth-order valence-electron chi connectivity index (χ4n) is 1.82. The quantitative estimate of drug-likeness (QED) is 0.864. The molecule has 1 N–H and O–H groups in total. The fraction of sp³-hybridized carbons (Fsp3) is 0.188. The average molecular weight is 256 g/mol. The molecule has 0 saturated heterocycles. The zero-order valence-electron chi connectivity index (χ0n) is 10.5. The van der Waals surface area contributed by atoms with E-state index in [-0.39, 0.29) is 0 Å². The predicted octanol–water partition coefficient (Wildman–Crippen LogP) is 2.90. The van der Waals surface area contributed by atoms with E-state index < -0.39 is 12.1 Å². The molecule has 19 heavy (non-hydrogen) atoms. The van der Waals surface area contributed by atoms with E-state index in [4.69, 9.17) is 4.74 Å². The second-order valence-corrected chi connectivity index (χ2v) is 4.31. The summed E-state index contributed by atoms with van der Waals surface area (Å²) in [6, 6.07) is 19.1. The first-order chi connectivity index (χ1) is 9.25. The summed E-state index contributed by atoms with van der Waals surface area (Å²) in [5, 5.41) is 9.19. The van der Waals surface area contributed by atoms with Gasteiger partial charge in [-0.15, -0.1) is 0 Å². The third-order valence-corrected chi connectivity index (χ3v) is 2.83. The molecule has 0 aromatic heterocycles. The number of carboxylic acid groups (broad SMARTS) is 1. The van der Waals surface area contributed by atoms with E-state index in [0.717, 1.165) is 11.1 Å². The number of ether oxygens (including phenoxy) is 1. The Morgan fingerprint density at radius 2 is 1.47 bits per heavy atom. The molecule has 2 aromatic carbocycles. The van der Waals surface area contributed by atoms with Crippen molar-refractivity contribution in [2.45, 2.75) is 19.1 Å². The molecule has 0 fully saturated rings. The molecule has 0 heterocycles. The summed E-state index contributed by atoms with van der Waals surface area (Å²) in [4.78, 5) is 11.2. The van der Waals surface area contributed by atoms with Gasteiger partial charge in [-0.2, -0.15) is 0 Å². The monoisotopic (exact) mass is 256 g/mol. The van der Waals surface area contributed by atoms with Crippen LogP contribution in [0.15, 0.2) is 60.7 Å². The molecule has 0 amide bonds. The molecule has 0 aliphatic heterocycles. The number of aliphatic carboxylic acids is 1. The number of carbonyl (C=O) groups is 1. The number of hydrogen-bond acceptors (Lipinski definition) is 2. The maximum absolute atomic E-state index is 11.2. The molecule has 3 nitrogen and oxygen atoms in total. The van der Waals surface area contributed by atoms with E-state index in [1.807, 2.05) is 60.7 Å². The summed E-state index contributed by atoms with van der Waals surface area (Å²) < 4.78 is 5.49. The molecular weight excluding hydrogens is 240 g/mol. The Morgan fingerprint density at radius 3 is 2.00 bits per heavy atom. The first-order valence-electron chi connectivity index (χ1n) is 6.18. The minimum Gasteiger partial charge on any atom is -0.479 e. The van der Waals surface area contributed by atoms with Crippen molar-refractivity contribution in [2.75, 3.05) is 0 Å². The zero-order chi connectivity index (χ0) is 13.5. The van der Waals surface area contributed by atoms with Crippen LogP contribution in [0.4, 0.5) is 0 Å². The van der Waals surface area contributed by atoms with Gasteiger partial charge in [-0.25, -0.2) is 4.79 Å². The number of benzene rings is 2.